The summed E-state index contributed by atoms with van der Waals surface area (Å²) in [5, 5.41) is 0.0104. The average molecular weight is 319 g/mol. The fourth-order valence-electron chi connectivity index (χ4n) is 1.96. The summed E-state index contributed by atoms with van der Waals surface area (Å²) in [6.07, 6.45) is 1.27. The monoisotopic (exact) mass is 319 g/mol. The molecule has 0 amide bonds. The fraction of sp³-hybridized carbons (Fsp3) is 0.636. The maximum atomic E-state index is 12.6. The van der Waals surface area contributed by atoms with Crippen LogP contribution in [0.4, 0.5) is 0 Å². The fourth-order valence-corrected chi connectivity index (χ4v) is 4.74. The van der Waals surface area contributed by atoms with Crippen molar-refractivity contribution in [1.29, 1.82) is 0 Å². The molecule has 0 radical (unpaired) electrons. The third kappa shape index (κ3) is 2.99. The van der Waals surface area contributed by atoms with E-state index in [9.17, 15) is 13.2 Å². The zero-order chi connectivity index (χ0) is 14.8. The number of imidazole rings is 1. The lowest BCUT2D eigenvalue weighted by Crippen LogP contribution is -2.50. The molecule has 1 fully saturated rings. The van der Waals surface area contributed by atoms with Crippen LogP contribution in [0.1, 0.15) is 12.7 Å². The van der Waals surface area contributed by atoms with Crippen LogP contribution in [0.3, 0.4) is 0 Å². The van der Waals surface area contributed by atoms with E-state index in [0.717, 1.165) is 0 Å². The Bertz CT molecular complexity index is 584. The van der Waals surface area contributed by atoms with Crippen LogP contribution in [-0.4, -0.2) is 59.4 Å². The van der Waals surface area contributed by atoms with Crippen LogP contribution >= 0.6 is 11.8 Å². The van der Waals surface area contributed by atoms with Gasteiger partial charge in [0.15, 0.2) is 5.03 Å². The summed E-state index contributed by atoms with van der Waals surface area (Å²) in [5.41, 5.74) is 0. The van der Waals surface area contributed by atoms with Gasteiger partial charge in [0, 0.05) is 18.1 Å². The molecule has 0 saturated carbocycles. The summed E-state index contributed by atoms with van der Waals surface area (Å²) < 4.78 is 31.3. The molecule has 2 rings (SSSR count). The van der Waals surface area contributed by atoms with E-state index >= 15 is 0 Å². The Morgan fingerprint density at radius 3 is 3.00 bits per heavy atom. The number of aromatic nitrogens is 2. The SMILES string of the molecule is CCOC(=O)C1CSCCN1S(=O)(=O)c1cnc(C)[nH]1. The van der Waals surface area contributed by atoms with Gasteiger partial charge in [0.05, 0.1) is 12.8 Å². The second-order valence-corrected chi connectivity index (χ2v) is 7.30. The van der Waals surface area contributed by atoms with Crippen molar-refractivity contribution in [3.05, 3.63) is 12.0 Å². The number of hydrogen-bond donors (Lipinski definition) is 1. The highest BCUT2D eigenvalue weighted by Gasteiger charge is 2.39. The van der Waals surface area contributed by atoms with Crippen LogP contribution in [0, 0.1) is 6.92 Å². The summed E-state index contributed by atoms with van der Waals surface area (Å²) in [4.78, 5) is 18.5. The van der Waals surface area contributed by atoms with Crippen molar-refractivity contribution in [1.82, 2.24) is 14.3 Å². The summed E-state index contributed by atoms with van der Waals surface area (Å²) in [5.74, 6) is 1.08. The molecule has 1 aliphatic rings. The van der Waals surface area contributed by atoms with E-state index in [1.807, 2.05) is 0 Å². The standard InChI is InChI=1S/C11H17N3O4S2/c1-3-18-11(15)9-7-19-5-4-14(9)20(16,17)10-6-12-8(2)13-10/h6,9H,3-5,7H2,1-2H3,(H,12,13). The molecule has 0 aromatic carbocycles. The summed E-state index contributed by atoms with van der Waals surface area (Å²) in [7, 11) is -3.75. The molecule has 9 heteroatoms. The number of aromatic amines is 1. The molecular formula is C11H17N3O4S2. The number of carbonyl (C=O) groups excluding carboxylic acids is 1. The molecule has 0 spiro atoms. The third-order valence-corrected chi connectivity index (χ3v) is 5.74. The van der Waals surface area contributed by atoms with Crippen molar-refractivity contribution in [2.45, 2.75) is 24.9 Å². The molecule has 1 saturated heterocycles. The number of nitrogens with zero attached hydrogens (tertiary/aromatic N) is 2. The van der Waals surface area contributed by atoms with Crippen molar-refractivity contribution < 1.29 is 17.9 Å². The molecule has 1 aliphatic heterocycles. The number of thioether (sulfide) groups is 1. The van der Waals surface area contributed by atoms with E-state index in [1.165, 1.54) is 10.5 Å². The molecule has 1 aromatic heterocycles. The van der Waals surface area contributed by atoms with E-state index in [1.54, 1.807) is 25.6 Å². The van der Waals surface area contributed by atoms with E-state index in [0.29, 0.717) is 17.3 Å². The van der Waals surface area contributed by atoms with Gasteiger partial charge in [-0.25, -0.2) is 13.4 Å². The largest absolute Gasteiger partial charge is 0.465 e. The molecule has 2 heterocycles. The number of sulfonamides is 1. The van der Waals surface area contributed by atoms with Crippen LogP contribution in [-0.2, 0) is 19.6 Å². The number of H-pyrrole nitrogens is 1. The van der Waals surface area contributed by atoms with Gasteiger partial charge < -0.3 is 9.72 Å². The molecule has 1 N–H and O–H groups in total. The molecule has 0 aliphatic carbocycles. The summed E-state index contributed by atoms with van der Waals surface area (Å²) >= 11 is 1.54. The van der Waals surface area contributed by atoms with Gasteiger partial charge in [0.1, 0.15) is 11.9 Å². The van der Waals surface area contributed by atoms with Gasteiger partial charge in [0.2, 0.25) is 0 Å². The third-order valence-electron chi connectivity index (χ3n) is 2.90. The van der Waals surface area contributed by atoms with Crippen LogP contribution in [0.2, 0.25) is 0 Å². The highest BCUT2D eigenvalue weighted by molar-refractivity contribution is 7.99. The quantitative estimate of drug-likeness (QED) is 0.807. The topological polar surface area (TPSA) is 92.4 Å². The van der Waals surface area contributed by atoms with Crippen molar-refractivity contribution >= 4 is 27.8 Å². The summed E-state index contributed by atoms with van der Waals surface area (Å²) in [6, 6.07) is -0.776. The Balaban J connectivity index is 2.29. The first-order valence-corrected chi connectivity index (χ1v) is 8.84. The Hall–Kier alpha value is -1.06. The Labute approximate surface area is 122 Å². The Morgan fingerprint density at radius 1 is 1.65 bits per heavy atom. The predicted molar refractivity (Wildman–Crippen MR) is 75.0 cm³/mol. The van der Waals surface area contributed by atoms with Gasteiger partial charge in [-0.3, -0.25) is 4.79 Å². The number of nitrogens with one attached hydrogen (secondary N) is 1. The van der Waals surface area contributed by atoms with Gasteiger partial charge in [-0.05, 0) is 13.8 Å². The van der Waals surface area contributed by atoms with Crippen LogP contribution in [0.25, 0.3) is 0 Å². The van der Waals surface area contributed by atoms with Gasteiger partial charge in [-0.2, -0.15) is 16.1 Å². The van der Waals surface area contributed by atoms with Gasteiger partial charge in [-0.1, -0.05) is 0 Å². The summed E-state index contributed by atoms with van der Waals surface area (Å²) in [6.45, 7) is 3.89. The lowest BCUT2D eigenvalue weighted by molar-refractivity contribution is -0.146. The smallest absolute Gasteiger partial charge is 0.325 e. The molecule has 1 aromatic rings. The zero-order valence-corrected chi connectivity index (χ0v) is 13.0. The first kappa shape index (κ1) is 15.3. The first-order valence-electron chi connectivity index (χ1n) is 6.24. The second kappa shape index (κ2) is 6.15. The normalized spacial score (nSPS) is 20.8. The number of ether oxygens (including phenoxy) is 1. The van der Waals surface area contributed by atoms with E-state index in [2.05, 4.69) is 9.97 Å². The highest BCUT2D eigenvalue weighted by atomic mass is 32.2. The van der Waals surface area contributed by atoms with Gasteiger partial charge in [0.25, 0.3) is 10.0 Å². The van der Waals surface area contributed by atoms with Crippen molar-refractivity contribution in [2.24, 2.45) is 0 Å². The predicted octanol–water partition coefficient (Wildman–Crippen LogP) is 0.387. The Kier molecular flexibility index (Phi) is 4.71. The highest BCUT2D eigenvalue weighted by Crippen LogP contribution is 2.24. The Morgan fingerprint density at radius 2 is 2.40 bits per heavy atom. The molecule has 7 nitrogen and oxygen atoms in total. The second-order valence-electron chi connectivity index (χ2n) is 4.29. The van der Waals surface area contributed by atoms with Crippen LogP contribution in [0.15, 0.2) is 11.2 Å². The van der Waals surface area contributed by atoms with E-state index in [-0.39, 0.29) is 18.2 Å². The van der Waals surface area contributed by atoms with Crippen molar-refractivity contribution in [3.63, 3.8) is 0 Å². The number of carbonyl (C=O) groups is 1. The molecule has 1 unspecified atom stereocenters. The maximum Gasteiger partial charge on any atom is 0.325 e. The molecule has 1 atom stereocenters. The maximum absolute atomic E-state index is 12.6. The molecule has 112 valence electrons. The average Bonchev–Trinajstić information content (AvgIpc) is 2.86. The number of rotatable bonds is 4. The molecule has 20 heavy (non-hydrogen) atoms. The van der Waals surface area contributed by atoms with Gasteiger partial charge >= 0.3 is 5.97 Å². The zero-order valence-electron chi connectivity index (χ0n) is 11.3. The lowest BCUT2D eigenvalue weighted by atomic mass is 10.3. The minimum absolute atomic E-state index is 0.0104. The lowest BCUT2D eigenvalue weighted by Gasteiger charge is -2.32. The van der Waals surface area contributed by atoms with Crippen LogP contribution < -0.4 is 0 Å². The number of aryl methyl sites for hydroxylation is 1. The van der Waals surface area contributed by atoms with Crippen LogP contribution in [0.5, 0.6) is 0 Å². The van der Waals surface area contributed by atoms with E-state index in [4.69, 9.17) is 4.74 Å². The van der Waals surface area contributed by atoms with E-state index < -0.39 is 22.0 Å². The van der Waals surface area contributed by atoms with Crippen molar-refractivity contribution in [3.8, 4) is 0 Å². The minimum Gasteiger partial charge on any atom is -0.465 e. The number of hydrogen-bond acceptors (Lipinski definition) is 6. The first-order chi connectivity index (χ1) is 9.46. The number of esters is 1. The van der Waals surface area contributed by atoms with Crippen molar-refractivity contribution in [2.75, 3.05) is 24.7 Å². The van der Waals surface area contributed by atoms with Gasteiger partial charge in [-0.15, -0.1) is 0 Å². The molecular weight excluding hydrogens is 302 g/mol. The molecule has 0 bridgehead atoms. The minimum atomic E-state index is -3.75.